The number of methoxy groups -OCH3 is 1. The minimum atomic E-state index is -4.63. The van der Waals surface area contributed by atoms with E-state index in [0.29, 0.717) is 51.1 Å². The van der Waals surface area contributed by atoms with Gasteiger partial charge in [-0.05, 0) is 48.7 Å². The van der Waals surface area contributed by atoms with Crippen LogP contribution >= 0.6 is 0 Å². The fourth-order valence-electron chi connectivity index (χ4n) is 5.23. The number of aliphatic hydroxyl groups excluding tert-OH is 1. The van der Waals surface area contributed by atoms with Gasteiger partial charge in [-0.1, -0.05) is 12.1 Å². The molecule has 0 spiro atoms. The quantitative estimate of drug-likeness (QED) is 0.670. The van der Waals surface area contributed by atoms with E-state index in [9.17, 15) is 23.1 Å². The minimum absolute atomic E-state index is 0.0311. The number of carbonyl (C=O) groups excluding carboxylic acids is 1. The molecular formula is C26H28F3N3O3. The Bertz CT molecular complexity index is 1110. The molecule has 0 radical (unpaired) electrons. The summed E-state index contributed by atoms with van der Waals surface area (Å²) in [5.41, 5.74) is -0.437. The molecule has 2 heterocycles. The highest BCUT2D eigenvalue weighted by atomic mass is 19.4. The lowest BCUT2D eigenvalue weighted by Crippen LogP contribution is -2.50. The van der Waals surface area contributed by atoms with Gasteiger partial charge in [0.15, 0.2) is 0 Å². The Morgan fingerprint density at radius 1 is 1.23 bits per heavy atom. The number of hydrogen-bond acceptors (Lipinski definition) is 5. The van der Waals surface area contributed by atoms with E-state index in [4.69, 9.17) is 10.00 Å². The van der Waals surface area contributed by atoms with Crippen molar-refractivity contribution in [3.8, 4) is 11.8 Å². The van der Waals surface area contributed by atoms with Crippen LogP contribution in [0.4, 0.5) is 18.9 Å². The van der Waals surface area contributed by atoms with Gasteiger partial charge in [0.2, 0.25) is 5.91 Å². The first-order chi connectivity index (χ1) is 16.7. The summed E-state index contributed by atoms with van der Waals surface area (Å²) >= 11 is 0. The Morgan fingerprint density at radius 3 is 2.60 bits per heavy atom. The summed E-state index contributed by atoms with van der Waals surface area (Å²) < 4.78 is 45.5. The van der Waals surface area contributed by atoms with Gasteiger partial charge in [0, 0.05) is 49.6 Å². The van der Waals surface area contributed by atoms with Gasteiger partial charge >= 0.3 is 6.18 Å². The third-order valence-electron chi connectivity index (χ3n) is 7.38. The summed E-state index contributed by atoms with van der Waals surface area (Å²) in [5, 5.41) is 19.3. The smallest absolute Gasteiger partial charge is 0.417 e. The normalized spacial score (nSPS) is 22.0. The van der Waals surface area contributed by atoms with E-state index in [1.807, 2.05) is 34.1 Å². The van der Waals surface area contributed by atoms with E-state index in [1.54, 1.807) is 13.2 Å². The predicted octanol–water partition coefficient (Wildman–Crippen LogP) is 3.87. The molecule has 2 aliphatic rings. The fraction of sp³-hybridized carbons (Fsp3) is 0.462. The van der Waals surface area contributed by atoms with Gasteiger partial charge in [-0.3, -0.25) is 4.79 Å². The molecule has 2 fully saturated rings. The number of amides is 1. The molecule has 186 valence electrons. The van der Waals surface area contributed by atoms with Gasteiger partial charge < -0.3 is 19.6 Å². The second kappa shape index (κ2) is 9.78. The largest absolute Gasteiger partial charge is 0.497 e. The average molecular weight is 488 g/mol. The van der Waals surface area contributed by atoms with Crippen molar-refractivity contribution in [1.29, 1.82) is 5.26 Å². The Kier molecular flexibility index (Phi) is 6.95. The summed E-state index contributed by atoms with van der Waals surface area (Å²) in [4.78, 5) is 16.6. The zero-order valence-corrected chi connectivity index (χ0v) is 19.5. The van der Waals surface area contributed by atoms with Crippen LogP contribution < -0.4 is 9.64 Å². The summed E-state index contributed by atoms with van der Waals surface area (Å²) in [7, 11) is 1.60. The van der Waals surface area contributed by atoms with E-state index in [2.05, 4.69) is 0 Å². The number of nitrogens with zero attached hydrogens (tertiary/aromatic N) is 3. The van der Waals surface area contributed by atoms with Crippen LogP contribution in [-0.4, -0.2) is 55.8 Å². The second-order valence-electron chi connectivity index (χ2n) is 9.38. The van der Waals surface area contributed by atoms with Crippen molar-refractivity contribution in [2.45, 2.75) is 25.4 Å². The van der Waals surface area contributed by atoms with Crippen molar-refractivity contribution in [3.05, 3.63) is 59.2 Å². The monoisotopic (exact) mass is 487 g/mol. The van der Waals surface area contributed by atoms with Crippen LogP contribution in [0.2, 0.25) is 0 Å². The zero-order chi connectivity index (χ0) is 25.2. The lowest BCUT2D eigenvalue weighted by atomic mass is 9.73. The number of piperidine rings is 1. The molecule has 2 aliphatic heterocycles. The van der Waals surface area contributed by atoms with E-state index < -0.39 is 22.7 Å². The van der Waals surface area contributed by atoms with E-state index in [-0.39, 0.29) is 18.4 Å². The minimum Gasteiger partial charge on any atom is -0.497 e. The number of hydrogen-bond donors (Lipinski definition) is 1. The molecule has 2 atom stereocenters. The molecule has 1 N–H and O–H groups in total. The summed E-state index contributed by atoms with van der Waals surface area (Å²) in [6.45, 7) is 1.72. The molecule has 2 aromatic rings. The lowest BCUT2D eigenvalue weighted by molar-refractivity contribution is -0.138. The maximum Gasteiger partial charge on any atom is 0.417 e. The molecule has 0 aliphatic carbocycles. The molecule has 9 heteroatoms. The van der Waals surface area contributed by atoms with Crippen LogP contribution in [-0.2, 0) is 17.4 Å². The van der Waals surface area contributed by atoms with Crippen LogP contribution in [0.15, 0.2) is 42.5 Å². The molecule has 1 amide bonds. The third-order valence-corrected chi connectivity index (χ3v) is 7.38. The van der Waals surface area contributed by atoms with Gasteiger partial charge in [0.25, 0.3) is 0 Å². The second-order valence-corrected chi connectivity index (χ2v) is 9.38. The molecule has 35 heavy (non-hydrogen) atoms. The van der Waals surface area contributed by atoms with Crippen molar-refractivity contribution >= 4 is 11.6 Å². The first-order valence-corrected chi connectivity index (χ1v) is 11.6. The van der Waals surface area contributed by atoms with Gasteiger partial charge in [0.1, 0.15) is 5.75 Å². The van der Waals surface area contributed by atoms with Crippen molar-refractivity contribution in [2.24, 2.45) is 11.3 Å². The number of nitriles is 1. The molecular weight excluding hydrogens is 459 g/mol. The van der Waals surface area contributed by atoms with Crippen molar-refractivity contribution < 1.29 is 27.8 Å². The average Bonchev–Trinajstić information content (AvgIpc) is 3.26. The Hall–Kier alpha value is -3.25. The number of ether oxygens (including phenoxy) is 1. The Labute approximate surface area is 202 Å². The number of anilines is 1. The first-order valence-electron chi connectivity index (χ1n) is 11.6. The van der Waals surface area contributed by atoms with Crippen LogP contribution in [0.25, 0.3) is 0 Å². The van der Waals surface area contributed by atoms with Crippen LogP contribution in [0.1, 0.15) is 29.5 Å². The predicted molar refractivity (Wildman–Crippen MR) is 124 cm³/mol. The number of halogens is 3. The standard InChI is InChI=1S/C26H28F3N3O3/c1-35-22-7-2-18(3-8-22)4-9-24(34)31-11-10-25(17-33)16-32(15-20(25)14-31)21-6-5-19(13-30)23(12-21)26(27,28)29/h2-3,5-8,12,20,33H,4,9-11,14-17H2,1H3/t20-,25+/m1/s1. The van der Waals surface area contributed by atoms with Gasteiger partial charge in [-0.2, -0.15) is 18.4 Å². The van der Waals surface area contributed by atoms with E-state index in [0.717, 1.165) is 17.4 Å². The molecule has 2 aromatic carbocycles. The number of aryl methyl sites for hydroxylation is 1. The summed E-state index contributed by atoms with van der Waals surface area (Å²) in [6.07, 6.45) is -3.08. The molecule has 2 saturated heterocycles. The Balaban J connectivity index is 1.44. The molecule has 0 unspecified atom stereocenters. The number of likely N-dealkylation sites (tertiary alicyclic amines) is 1. The zero-order valence-electron chi connectivity index (χ0n) is 19.5. The van der Waals surface area contributed by atoms with Crippen LogP contribution in [0, 0.1) is 22.7 Å². The number of benzene rings is 2. The third kappa shape index (κ3) is 5.08. The molecule has 4 rings (SSSR count). The molecule has 0 saturated carbocycles. The number of carbonyl (C=O) groups is 1. The highest BCUT2D eigenvalue weighted by Crippen LogP contribution is 2.45. The maximum atomic E-state index is 13.5. The topological polar surface area (TPSA) is 76.8 Å². The van der Waals surface area contributed by atoms with Crippen LogP contribution in [0.5, 0.6) is 5.75 Å². The lowest BCUT2D eigenvalue weighted by Gasteiger charge is -2.42. The van der Waals surface area contributed by atoms with Crippen molar-refractivity contribution in [1.82, 2.24) is 4.90 Å². The van der Waals surface area contributed by atoms with Crippen molar-refractivity contribution in [3.63, 3.8) is 0 Å². The van der Waals surface area contributed by atoms with Gasteiger partial charge in [0.05, 0.1) is 30.9 Å². The van der Waals surface area contributed by atoms with Gasteiger partial charge in [-0.25, -0.2) is 0 Å². The van der Waals surface area contributed by atoms with E-state index in [1.165, 1.54) is 12.1 Å². The number of aliphatic hydroxyl groups is 1. The number of alkyl halides is 3. The highest BCUT2D eigenvalue weighted by Gasteiger charge is 2.50. The molecule has 6 nitrogen and oxygen atoms in total. The molecule has 0 aromatic heterocycles. The molecule has 0 bridgehead atoms. The number of rotatable bonds is 6. The Morgan fingerprint density at radius 2 is 1.97 bits per heavy atom. The van der Waals surface area contributed by atoms with E-state index >= 15 is 0 Å². The maximum absolute atomic E-state index is 13.5. The SMILES string of the molecule is COc1ccc(CCC(=O)N2CC[C@@]3(CO)CN(c4ccc(C#N)c(C(F)(F)F)c4)C[C@H]3C2)cc1. The summed E-state index contributed by atoms with van der Waals surface area (Å²) in [5.74, 6) is 0.728. The summed E-state index contributed by atoms with van der Waals surface area (Å²) in [6, 6.07) is 12.9. The first kappa shape index (κ1) is 24.9. The van der Waals surface area contributed by atoms with Gasteiger partial charge in [-0.15, -0.1) is 0 Å². The number of fused-ring (bicyclic) bond motifs is 1. The highest BCUT2D eigenvalue weighted by molar-refractivity contribution is 5.76. The fourth-order valence-corrected chi connectivity index (χ4v) is 5.23. The van der Waals surface area contributed by atoms with Crippen LogP contribution in [0.3, 0.4) is 0 Å². The van der Waals surface area contributed by atoms with Crippen molar-refractivity contribution in [2.75, 3.05) is 44.8 Å².